The molecule has 1 aliphatic heterocycles. The Labute approximate surface area is 162 Å². The van der Waals surface area contributed by atoms with Crippen LogP contribution < -0.4 is 4.74 Å². The molecular weight excluding hydrogens is 372 g/mol. The smallest absolute Gasteiger partial charge is 0.258 e. The van der Waals surface area contributed by atoms with Gasteiger partial charge in [-0.05, 0) is 42.5 Å². The summed E-state index contributed by atoms with van der Waals surface area (Å²) >= 11 is 7.67. The minimum absolute atomic E-state index is 0.0368. The van der Waals surface area contributed by atoms with Gasteiger partial charge >= 0.3 is 0 Å². The number of ether oxygens (including phenoxy) is 1. The lowest BCUT2D eigenvalue weighted by molar-refractivity contribution is -0.134. The minimum Gasteiger partial charge on any atom is -0.496 e. The highest BCUT2D eigenvalue weighted by Crippen LogP contribution is 2.28. The molecule has 2 aromatic rings. The summed E-state index contributed by atoms with van der Waals surface area (Å²) in [6.45, 7) is 1.10. The topological polar surface area (TPSA) is 49.9 Å². The van der Waals surface area contributed by atoms with E-state index in [2.05, 4.69) is 0 Å². The number of hydrogen-bond donors (Lipinski definition) is 0. The molecule has 1 aromatic carbocycles. The van der Waals surface area contributed by atoms with Gasteiger partial charge in [0.05, 0.1) is 19.2 Å². The first-order chi connectivity index (χ1) is 12.5. The van der Waals surface area contributed by atoms with Gasteiger partial charge in [-0.25, -0.2) is 0 Å². The zero-order valence-corrected chi connectivity index (χ0v) is 16.3. The van der Waals surface area contributed by atoms with Crippen LogP contribution in [0.1, 0.15) is 28.1 Å². The summed E-state index contributed by atoms with van der Waals surface area (Å²) < 4.78 is 5.29. The minimum atomic E-state index is -0.448. The normalized spacial score (nSPS) is 16.6. The number of likely N-dealkylation sites (tertiary alicyclic amines) is 1. The molecule has 1 saturated heterocycles. The molecule has 0 N–H and O–H groups in total. The molecule has 1 fully saturated rings. The Bertz CT molecular complexity index is 794. The Morgan fingerprint density at radius 1 is 1.38 bits per heavy atom. The number of thiophene rings is 1. The van der Waals surface area contributed by atoms with Gasteiger partial charge in [0.1, 0.15) is 11.8 Å². The molecule has 1 aromatic heterocycles. The zero-order valence-electron chi connectivity index (χ0n) is 14.8. The fourth-order valence-corrected chi connectivity index (χ4v) is 4.17. The predicted octanol–water partition coefficient (Wildman–Crippen LogP) is 3.67. The number of carbonyl (C=O) groups is 2. The average Bonchev–Trinajstić information content (AvgIpc) is 3.32. The third-order valence-corrected chi connectivity index (χ3v) is 5.64. The van der Waals surface area contributed by atoms with E-state index in [0.717, 1.165) is 11.3 Å². The lowest BCUT2D eigenvalue weighted by Crippen LogP contribution is -2.46. The molecule has 0 radical (unpaired) electrons. The molecule has 0 spiro atoms. The second kappa shape index (κ2) is 8.10. The van der Waals surface area contributed by atoms with Crippen LogP contribution in [0.2, 0.25) is 5.02 Å². The molecule has 0 bridgehead atoms. The molecule has 26 heavy (non-hydrogen) atoms. The predicted molar refractivity (Wildman–Crippen MR) is 103 cm³/mol. The maximum atomic E-state index is 13.1. The molecule has 3 rings (SSSR count). The van der Waals surface area contributed by atoms with Crippen molar-refractivity contribution in [1.29, 1.82) is 0 Å². The van der Waals surface area contributed by atoms with E-state index in [1.807, 2.05) is 17.5 Å². The summed E-state index contributed by atoms with van der Waals surface area (Å²) in [5.74, 6) is 0.208. The van der Waals surface area contributed by atoms with Gasteiger partial charge in [-0.15, -0.1) is 11.3 Å². The summed E-state index contributed by atoms with van der Waals surface area (Å²) in [6, 6.07) is 8.47. The van der Waals surface area contributed by atoms with E-state index in [9.17, 15) is 9.59 Å². The van der Waals surface area contributed by atoms with E-state index < -0.39 is 6.04 Å². The average molecular weight is 393 g/mol. The molecule has 1 atom stereocenters. The maximum absolute atomic E-state index is 13.1. The monoisotopic (exact) mass is 392 g/mol. The van der Waals surface area contributed by atoms with Crippen LogP contribution in [-0.2, 0) is 11.3 Å². The lowest BCUT2D eigenvalue weighted by atomic mass is 10.1. The van der Waals surface area contributed by atoms with Gasteiger partial charge in [0.2, 0.25) is 5.91 Å². The Morgan fingerprint density at radius 3 is 2.88 bits per heavy atom. The van der Waals surface area contributed by atoms with Gasteiger partial charge in [0.25, 0.3) is 5.91 Å². The summed E-state index contributed by atoms with van der Waals surface area (Å²) in [5, 5.41) is 2.45. The molecule has 0 saturated carbocycles. The van der Waals surface area contributed by atoms with Crippen LogP contribution in [-0.4, -0.2) is 48.4 Å². The lowest BCUT2D eigenvalue weighted by Gasteiger charge is -2.28. The van der Waals surface area contributed by atoms with Crippen molar-refractivity contribution < 1.29 is 14.3 Å². The number of benzene rings is 1. The molecule has 0 aliphatic carbocycles. The molecular formula is C19H21ClN2O3S. The van der Waals surface area contributed by atoms with Crippen molar-refractivity contribution in [2.24, 2.45) is 0 Å². The highest BCUT2D eigenvalue weighted by atomic mass is 35.5. The van der Waals surface area contributed by atoms with Gasteiger partial charge in [-0.3, -0.25) is 9.59 Å². The first-order valence-corrected chi connectivity index (χ1v) is 9.69. The zero-order chi connectivity index (χ0) is 18.7. The van der Waals surface area contributed by atoms with Crippen molar-refractivity contribution in [2.45, 2.75) is 25.4 Å². The van der Waals surface area contributed by atoms with Gasteiger partial charge in [0, 0.05) is 23.5 Å². The second-order valence-corrected chi connectivity index (χ2v) is 7.74. The molecule has 1 aliphatic rings. The van der Waals surface area contributed by atoms with Crippen LogP contribution in [0.4, 0.5) is 0 Å². The molecule has 2 amide bonds. The van der Waals surface area contributed by atoms with Gasteiger partial charge in [-0.2, -0.15) is 0 Å². The molecule has 5 nitrogen and oxygen atoms in total. The van der Waals surface area contributed by atoms with Crippen LogP contribution in [0, 0.1) is 0 Å². The Kier molecular flexibility index (Phi) is 5.84. The van der Waals surface area contributed by atoms with E-state index in [1.54, 1.807) is 46.4 Å². The second-order valence-electron chi connectivity index (χ2n) is 6.27. The molecule has 1 unspecified atom stereocenters. The number of hydrogen-bond acceptors (Lipinski definition) is 4. The van der Waals surface area contributed by atoms with Gasteiger partial charge < -0.3 is 14.5 Å². The van der Waals surface area contributed by atoms with Crippen molar-refractivity contribution in [3.05, 3.63) is 51.2 Å². The Balaban J connectivity index is 1.78. The van der Waals surface area contributed by atoms with Crippen LogP contribution in [0.15, 0.2) is 35.7 Å². The summed E-state index contributed by atoms with van der Waals surface area (Å²) in [6.07, 6.45) is 1.47. The molecule has 7 heteroatoms. The highest BCUT2D eigenvalue weighted by molar-refractivity contribution is 7.09. The number of amides is 2. The first kappa shape index (κ1) is 18.7. The summed E-state index contributed by atoms with van der Waals surface area (Å²) in [4.78, 5) is 30.4. The van der Waals surface area contributed by atoms with Crippen molar-refractivity contribution in [3.8, 4) is 5.75 Å². The number of carbonyl (C=O) groups excluding carboxylic acids is 2. The number of rotatable bonds is 5. The van der Waals surface area contributed by atoms with Crippen molar-refractivity contribution >= 4 is 34.8 Å². The Hall–Kier alpha value is -2.05. The fourth-order valence-electron chi connectivity index (χ4n) is 3.24. The Morgan fingerprint density at radius 2 is 2.19 bits per heavy atom. The number of methoxy groups -OCH3 is 1. The fraction of sp³-hybridized carbons (Fsp3) is 0.368. The SMILES string of the molecule is COc1ccc(Cl)cc1C(=O)N1CCCC1C(=O)N(C)Cc1cccs1. The summed E-state index contributed by atoms with van der Waals surface area (Å²) in [7, 11) is 3.30. The van der Waals surface area contributed by atoms with E-state index in [4.69, 9.17) is 16.3 Å². The maximum Gasteiger partial charge on any atom is 0.258 e. The van der Waals surface area contributed by atoms with Crippen LogP contribution in [0.25, 0.3) is 0 Å². The van der Waals surface area contributed by atoms with Gasteiger partial charge in [-0.1, -0.05) is 17.7 Å². The van der Waals surface area contributed by atoms with Crippen molar-refractivity contribution in [2.75, 3.05) is 20.7 Å². The quantitative estimate of drug-likeness (QED) is 0.780. The highest BCUT2D eigenvalue weighted by Gasteiger charge is 2.37. The third-order valence-electron chi connectivity index (χ3n) is 4.54. The molecule has 2 heterocycles. The molecule has 138 valence electrons. The number of halogens is 1. The van der Waals surface area contributed by atoms with Crippen LogP contribution >= 0.6 is 22.9 Å². The van der Waals surface area contributed by atoms with Gasteiger partial charge in [0.15, 0.2) is 0 Å². The van der Waals surface area contributed by atoms with E-state index >= 15 is 0 Å². The first-order valence-electron chi connectivity index (χ1n) is 8.43. The van der Waals surface area contributed by atoms with E-state index in [1.165, 1.54) is 7.11 Å². The van der Waals surface area contributed by atoms with E-state index in [0.29, 0.717) is 35.8 Å². The van der Waals surface area contributed by atoms with Crippen molar-refractivity contribution in [1.82, 2.24) is 9.80 Å². The van der Waals surface area contributed by atoms with Crippen LogP contribution in [0.5, 0.6) is 5.75 Å². The van der Waals surface area contributed by atoms with Crippen molar-refractivity contribution in [3.63, 3.8) is 0 Å². The number of nitrogens with zero attached hydrogens (tertiary/aromatic N) is 2. The third kappa shape index (κ3) is 3.86. The summed E-state index contributed by atoms with van der Waals surface area (Å²) in [5.41, 5.74) is 0.389. The number of likely N-dealkylation sites (N-methyl/N-ethyl adjacent to an activating group) is 1. The van der Waals surface area contributed by atoms with E-state index in [-0.39, 0.29) is 11.8 Å². The largest absolute Gasteiger partial charge is 0.496 e. The standard InChI is InChI=1S/C19H21ClN2O3S/c1-21(12-14-5-4-10-26-14)19(24)16-6-3-9-22(16)18(23)15-11-13(20)7-8-17(15)25-2/h4-5,7-8,10-11,16H,3,6,9,12H2,1-2H3. The van der Waals surface area contributed by atoms with Crippen LogP contribution in [0.3, 0.4) is 0 Å².